The van der Waals surface area contributed by atoms with Gasteiger partial charge in [-0.3, -0.25) is 4.79 Å². The van der Waals surface area contributed by atoms with Gasteiger partial charge in [0.2, 0.25) is 5.82 Å². The second-order valence-electron chi connectivity index (χ2n) is 7.65. The van der Waals surface area contributed by atoms with Crippen LogP contribution in [-0.2, 0) is 19.3 Å². The number of fused-ring (bicyclic) bond motifs is 1. The Labute approximate surface area is 160 Å². The largest absolute Gasteiger partial charge is 0.459 e. The maximum Gasteiger partial charge on any atom is 0.449 e. The van der Waals surface area contributed by atoms with Gasteiger partial charge in [-0.1, -0.05) is 0 Å². The molecule has 28 heavy (non-hydrogen) atoms. The number of halogens is 3. The highest BCUT2D eigenvalue weighted by molar-refractivity contribution is 5.92. The van der Waals surface area contributed by atoms with Crippen LogP contribution in [0.5, 0.6) is 0 Å². The summed E-state index contributed by atoms with van der Waals surface area (Å²) in [5.41, 5.74) is 1.72. The number of imidazole rings is 1. The Hall–Kier alpha value is -2.29. The van der Waals surface area contributed by atoms with Crippen molar-refractivity contribution in [3.8, 4) is 0 Å². The summed E-state index contributed by atoms with van der Waals surface area (Å²) in [4.78, 5) is 20.6. The van der Waals surface area contributed by atoms with Gasteiger partial charge in [0.15, 0.2) is 5.76 Å². The van der Waals surface area contributed by atoms with Crippen molar-refractivity contribution in [1.82, 2.24) is 19.4 Å². The molecule has 1 amide bonds. The van der Waals surface area contributed by atoms with E-state index in [0.29, 0.717) is 11.4 Å². The third-order valence-corrected chi connectivity index (χ3v) is 5.74. The van der Waals surface area contributed by atoms with E-state index in [4.69, 9.17) is 4.42 Å². The van der Waals surface area contributed by atoms with Gasteiger partial charge in [0.05, 0.1) is 24.2 Å². The summed E-state index contributed by atoms with van der Waals surface area (Å²) in [6, 6.07) is 1.70. The first-order valence-corrected chi connectivity index (χ1v) is 9.44. The Bertz CT molecular complexity index is 878. The average Bonchev–Trinajstić information content (AvgIpc) is 3.25. The van der Waals surface area contributed by atoms with Crippen LogP contribution in [0.15, 0.2) is 16.7 Å². The van der Waals surface area contributed by atoms with Crippen molar-refractivity contribution in [1.29, 1.82) is 0 Å². The zero-order valence-corrected chi connectivity index (χ0v) is 15.9. The van der Waals surface area contributed by atoms with Gasteiger partial charge in [0.25, 0.3) is 5.91 Å². The molecule has 0 aromatic carbocycles. The maximum absolute atomic E-state index is 13.6. The Morgan fingerprint density at radius 1 is 1.21 bits per heavy atom. The second kappa shape index (κ2) is 6.95. The first-order valence-electron chi connectivity index (χ1n) is 9.44. The third-order valence-electron chi connectivity index (χ3n) is 5.74. The molecule has 9 heteroatoms. The molecular weight excluding hydrogens is 373 g/mol. The number of nitrogens with zero attached hydrogens (tertiary/aromatic N) is 4. The second-order valence-corrected chi connectivity index (χ2v) is 7.65. The molecule has 1 saturated heterocycles. The quantitative estimate of drug-likeness (QED) is 0.782. The molecule has 2 aliphatic rings. The molecule has 0 atom stereocenters. The lowest BCUT2D eigenvalue weighted by molar-refractivity contribution is -0.147. The molecule has 6 nitrogen and oxygen atoms in total. The fourth-order valence-electron chi connectivity index (χ4n) is 4.13. The number of carbonyl (C=O) groups is 1. The molecule has 4 heterocycles. The Morgan fingerprint density at radius 2 is 1.93 bits per heavy atom. The number of likely N-dealkylation sites (tertiary alicyclic amines) is 1. The zero-order chi connectivity index (χ0) is 20.1. The van der Waals surface area contributed by atoms with Crippen LogP contribution >= 0.6 is 0 Å². The Kier molecular flexibility index (Phi) is 4.73. The molecule has 1 fully saturated rings. The van der Waals surface area contributed by atoms with Crippen LogP contribution in [0, 0.1) is 6.92 Å². The van der Waals surface area contributed by atoms with Gasteiger partial charge in [0.1, 0.15) is 0 Å². The topological polar surface area (TPSA) is 54.5 Å². The smallest absolute Gasteiger partial charge is 0.449 e. The molecule has 2 aromatic rings. The molecule has 2 aliphatic heterocycles. The number of aromatic nitrogens is 2. The van der Waals surface area contributed by atoms with E-state index in [1.165, 1.54) is 10.8 Å². The van der Waals surface area contributed by atoms with Crippen LogP contribution in [0.25, 0.3) is 0 Å². The van der Waals surface area contributed by atoms with Crippen molar-refractivity contribution in [2.45, 2.75) is 44.9 Å². The van der Waals surface area contributed by atoms with Crippen molar-refractivity contribution in [2.24, 2.45) is 0 Å². The summed E-state index contributed by atoms with van der Waals surface area (Å²) >= 11 is 0. The minimum Gasteiger partial charge on any atom is -0.459 e. The highest BCUT2D eigenvalue weighted by atomic mass is 19.4. The molecule has 0 saturated carbocycles. The van der Waals surface area contributed by atoms with Crippen molar-refractivity contribution in [3.63, 3.8) is 0 Å². The van der Waals surface area contributed by atoms with Crippen LogP contribution in [-0.4, -0.2) is 51.9 Å². The van der Waals surface area contributed by atoms with Gasteiger partial charge in [-0.15, -0.1) is 0 Å². The molecule has 4 rings (SSSR count). The summed E-state index contributed by atoms with van der Waals surface area (Å²) in [5, 5.41) is 0. The minimum absolute atomic E-state index is 0.0195. The van der Waals surface area contributed by atoms with Crippen LogP contribution in [0.4, 0.5) is 13.2 Å². The number of alkyl halides is 3. The van der Waals surface area contributed by atoms with E-state index in [1.54, 1.807) is 17.9 Å². The van der Waals surface area contributed by atoms with Crippen LogP contribution in [0.2, 0.25) is 0 Å². The van der Waals surface area contributed by atoms with Crippen molar-refractivity contribution >= 4 is 5.91 Å². The molecule has 0 N–H and O–H groups in total. The monoisotopic (exact) mass is 396 g/mol. The highest BCUT2D eigenvalue weighted by Crippen LogP contribution is 2.37. The van der Waals surface area contributed by atoms with E-state index in [0.717, 1.165) is 31.5 Å². The van der Waals surface area contributed by atoms with Gasteiger partial charge in [-0.2, -0.15) is 13.2 Å². The molecule has 0 radical (unpaired) electrons. The lowest BCUT2D eigenvalue weighted by atomic mass is 9.92. The number of hydrogen-bond acceptors (Lipinski definition) is 4. The normalized spacial score (nSPS) is 19.1. The minimum atomic E-state index is -4.51. The SMILES string of the molecule is Cc1ccoc1C(=O)N1CCn2c(C(F)(F)F)nc(C3CCN(C)CC3)c2C1. The number of rotatable bonds is 2. The van der Waals surface area contributed by atoms with Gasteiger partial charge in [-0.25, -0.2) is 4.98 Å². The molecule has 2 aromatic heterocycles. The first kappa shape index (κ1) is 19.0. The lowest BCUT2D eigenvalue weighted by Crippen LogP contribution is -2.39. The fourth-order valence-corrected chi connectivity index (χ4v) is 4.13. The first-order chi connectivity index (χ1) is 13.3. The fraction of sp³-hybridized carbons (Fsp3) is 0.579. The van der Waals surface area contributed by atoms with Gasteiger partial charge in [-0.05, 0) is 46.0 Å². The number of carbonyl (C=O) groups excluding carboxylic acids is 1. The van der Waals surface area contributed by atoms with Crippen LogP contribution < -0.4 is 0 Å². The summed E-state index contributed by atoms with van der Waals surface area (Å²) in [7, 11) is 2.01. The summed E-state index contributed by atoms with van der Waals surface area (Å²) < 4.78 is 47.2. The van der Waals surface area contributed by atoms with Crippen molar-refractivity contribution in [2.75, 3.05) is 26.7 Å². The van der Waals surface area contributed by atoms with E-state index in [-0.39, 0.29) is 37.2 Å². The standard InChI is InChI=1S/C19H23F3N4O2/c1-12-5-10-28-16(12)17(27)25-8-9-26-14(11-25)15(23-18(26)19(20,21)22)13-3-6-24(2)7-4-13/h5,10,13H,3-4,6-9,11H2,1-2H3. The lowest BCUT2D eigenvalue weighted by Gasteiger charge is -2.32. The van der Waals surface area contributed by atoms with Crippen LogP contribution in [0.1, 0.15) is 52.1 Å². The number of hydrogen-bond donors (Lipinski definition) is 0. The van der Waals surface area contributed by atoms with E-state index < -0.39 is 12.0 Å². The van der Waals surface area contributed by atoms with Crippen LogP contribution in [0.3, 0.4) is 0 Å². The number of piperidine rings is 1. The number of aryl methyl sites for hydroxylation is 1. The molecule has 152 valence electrons. The van der Waals surface area contributed by atoms with E-state index in [2.05, 4.69) is 9.88 Å². The molecule has 0 spiro atoms. The van der Waals surface area contributed by atoms with Gasteiger partial charge in [0, 0.05) is 24.6 Å². The third kappa shape index (κ3) is 3.32. The molecule has 0 unspecified atom stereocenters. The maximum atomic E-state index is 13.6. The molecule has 0 aliphatic carbocycles. The zero-order valence-electron chi connectivity index (χ0n) is 15.9. The number of amides is 1. The summed E-state index contributed by atoms with van der Waals surface area (Å²) in [5.74, 6) is -0.922. The summed E-state index contributed by atoms with van der Waals surface area (Å²) in [6.45, 7) is 3.81. The van der Waals surface area contributed by atoms with Crippen molar-refractivity contribution < 1.29 is 22.4 Å². The highest BCUT2D eigenvalue weighted by Gasteiger charge is 2.42. The Balaban J connectivity index is 1.68. The Morgan fingerprint density at radius 3 is 2.54 bits per heavy atom. The molecule has 0 bridgehead atoms. The van der Waals surface area contributed by atoms with E-state index >= 15 is 0 Å². The summed E-state index contributed by atoms with van der Waals surface area (Å²) in [6.07, 6.45) is -1.53. The van der Waals surface area contributed by atoms with Gasteiger partial charge < -0.3 is 18.8 Å². The number of furan rings is 1. The predicted octanol–water partition coefficient (Wildman–Crippen LogP) is 3.27. The predicted molar refractivity (Wildman–Crippen MR) is 94.9 cm³/mol. The average molecular weight is 396 g/mol. The van der Waals surface area contributed by atoms with Crippen molar-refractivity contribution in [3.05, 3.63) is 40.9 Å². The molecular formula is C19H23F3N4O2. The van der Waals surface area contributed by atoms with E-state index in [9.17, 15) is 18.0 Å². The van der Waals surface area contributed by atoms with E-state index in [1.807, 2.05) is 7.05 Å². The van der Waals surface area contributed by atoms with Gasteiger partial charge >= 0.3 is 6.18 Å².